The van der Waals surface area contributed by atoms with Crippen LogP contribution >= 0.6 is 0 Å². The molecule has 2 heterocycles. The number of pyridine rings is 1. The average Bonchev–Trinajstić information content (AvgIpc) is 3.07. The Morgan fingerprint density at radius 2 is 2.04 bits per heavy atom. The summed E-state index contributed by atoms with van der Waals surface area (Å²) >= 11 is 0. The number of aromatic amines is 1. The van der Waals surface area contributed by atoms with E-state index in [1.54, 1.807) is 18.3 Å². The van der Waals surface area contributed by atoms with Crippen molar-refractivity contribution in [3.63, 3.8) is 0 Å². The molecule has 4 nitrogen and oxygen atoms in total. The Morgan fingerprint density at radius 3 is 2.77 bits per heavy atom. The lowest BCUT2D eigenvalue weighted by atomic mass is 9.89. The van der Waals surface area contributed by atoms with E-state index in [1.165, 1.54) is 18.2 Å². The Balaban J connectivity index is 1.76. The van der Waals surface area contributed by atoms with Crippen LogP contribution in [-0.2, 0) is 0 Å². The Bertz CT molecular complexity index is 1080. The Morgan fingerprint density at radius 1 is 1.19 bits per heavy atom. The number of halogens is 1. The van der Waals surface area contributed by atoms with Gasteiger partial charge >= 0.3 is 0 Å². The number of hydrogen-bond acceptors (Lipinski definition) is 3. The van der Waals surface area contributed by atoms with Crippen molar-refractivity contribution < 1.29 is 14.6 Å². The highest BCUT2D eigenvalue weighted by Gasteiger charge is 2.20. The first-order chi connectivity index (χ1) is 12.6. The van der Waals surface area contributed by atoms with Crippen LogP contribution in [0.5, 0.6) is 11.5 Å². The number of hydrogen-bond donors (Lipinski definition) is 3. The number of phenolic OH excluding ortho intramolecular Hbond substituents is 2. The molecule has 0 radical (unpaired) electrons. The molecule has 0 aliphatic heterocycles. The standard InChI is InChI=1S/C21H17FN2O2/c1-2-12-3-4-14(8-18(12)22)17-11-24-21-16(17)7-15(10-23-21)13-5-6-19(25)20(26)9-13/h2-7,9-11,14,25-26H,1,8H2,(H,23,24). The molecule has 1 aliphatic rings. The smallest absolute Gasteiger partial charge is 0.158 e. The van der Waals surface area contributed by atoms with Crippen molar-refractivity contribution in [1.29, 1.82) is 0 Å². The molecule has 4 rings (SSSR count). The predicted octanol–water partition coefficient (Wildman–Crippen LogP) is 5.09. The molecule has 0 bridgehead atoms. The van der Waals surface area contributed by atoms with Gasteiger partial charge in [0, 0.05) is 41.3 Å². The number of aromatic nitrogens is 2. The van der Waals surface area contributed by atoms with E-state index in [1.807, 2.05) is 18.3 Å². The van der Waals surface area contributed by atoms with E-state index in [4.69, 9.17) is 0 Å². The van der Waals surface area contributed by atoms with Gasteiger partial charge in [-0.1, -0.05) is 30.9 Å². The van der Waals surface area contributed by atoms with Gasteiger partial charge in [0.2, 0.25) is 0 Å². The highest BCUT2D eigenvalue weighted by molar-refractivity contribution is 5.85. The van der Waals surface area contributed by atoms with Gasteiger partial charge in [-0.05, 0) is 29.3 Å². The van der Waals surface area contributed by atoms with Gasteiger partial charge in [0.05, 0.1) is 0 Å². The van der Waals surface area contributed by atoms with E-state index in [9.17, 15) is 14.6 Å². The van der Waals surface area contributed by atoms with Crippen LogP contribution < -0.4 is 0 Å². The molecule has 1 atom stereocenters. The second-order valence-corrected chi connectivity index (χ2v) is 6.30. The summed E-state index contributed by atoms with van der Waals surface area (Å²) in [5.74, 6) is -0.610. The highest BCUT2D eigenvalue weighted by atomic mass is 19.1. The molecule has 0 saturated heterocycles. The Labute approximate surface area is 149 Å². The maximum absolute atomic E-state index is 14.2. The summed E-state index contributed by atoms with van der Waals surface area (Å²) < 4.78 is 14.2. The largest absolute Gasteiger partial charge is 0.504 e. The van der Waals surface area contributed by atoms with Crippen LogP contribution in [0, 0.1) is 0 Å². The van der Waals surface area contributed by atoms with Crippen molar-refractivity contribution in [3.05, 3.63) is 78.4 Å². The molecular weight excluding hydrogens is 331 g/mol. The third-order valence-electron chi connectivity index (χ3n) is 4.71. The van der Waals surface area contributed by atoms with Crippen LogP contribution in [0.1, 0.15) is 17.9 Å². The minimum absolute atomic E-state index is 0.0854. The first-order valence-corrected chi connectivity index (χ1v) is 8.25. The fourth-order valence-electron chi connectivity index (χ4n) is 3.27. The second-order valence-electron chi connectivity index (χ2n) is 6.30. The summed E-state index contributed by atoms with van der Waals surface area (Å²) in [5.41, 5.74) is 3.75. The first-order valence-electron chi connectivity index (χ1n) is 8.25. The summed E-state index contributed by atoms with van der Waals surface area (Å²) in [7, 11) is 0. The van der Waals surface area contributed by atoms with E-state index in [-0.39, 0.29) is 29.7 Å². The zero-order chi connectivity index (χ0) is 18.3. The molecule has 130 valence electrons. The number of nitrogens with zero attached hydrogens (tertiary/aromatic N) is 1. The fraction of sp³-hybridized carbons (Fsp3) is 0.0952. The minimum atomic E-state index is -0.184. The van der Waals surface area contributed by atoms with E-state index in [0.717, 1.165) is 27.7 Å². The van der Waals surface area contributed by atoms with Gasteiger partial charge in [-0.3, -0.25) is 0 Å². The van der Waals surface area contributed by atoms with E-state index in [0.29, 0.717) is 5.57 Å². The number of aromatic hydroxyl groups is 2. The topological polar surface area (TPSA) is 69.1 Å². The number of fused-ring (bicyclic) bond motifs is 1. The van der Waals surface area contributed by atoms with Gasteiger partial charge in [-0.2, -0.15) is 0 Å². The van der Waals surface area contributed by atoms with E-state index >= 15 is 0 Å². The number of nitrogens with one attached hydrogen (secondary N) is 1. The highest BCUT2D eigenvalue weighted by Crippen LogP contribution is 2.37. The van der Waals surface area contributed by atoms with Gasteiger partial charge in [-0.15, -0.1) is 0 Å². The quantitative estimate of drug-likeness (QED) is 0.577. The van der Waals surface area contributed by atoms with Crippen LogP contribution in [0.15, 0.2) is 72.9 Å². The monoisotopic (exact) mass is 348 g/mol. The fourth-order valence-corrected chi connectivity index (χ4v) is 3.27. The summed E-state index contributed by atoms with van der Waals surface area (Å²) in [6, 6.07) is 6.60. The molecule has 1 unspecified atom stereocenters. The lowest BCUT2D eigenvalue weighted by molar-refractivity contribution is 0.404. The molecule has 26 heavy (non-hydrogen) atoms. The molecule has 0 saturated carbocycles. The lowest BCUT2D eigenvalue weighted by Crippen LogP contribution is -2.01. The summed E-state index contributed by atoms with van der Waals surface area (Å²) in [5, 5.41) is 20.1. The van der Waals surface area contributed by atoms with Crippen LogP contribution in [0.2, 0.25) is 0 Å². The summed E-state index contributed by atoms with van der Waals surface area (Å²) in [6.45, 7) is 3.63. The number of H-pyrrole nitrogens is 1. The normalized spacial score (nSPS) is 17.0. The molecule has 0 spiro atoms. The SMILES string of the molecule is C=CC1=C(F)CC(c2c[nH]c3ncc(-c4ccc(O)c(O)c4)cc23)C=C1. The minimum Gasteiger partial charge on any atom is -0.504 e. The molecule has 5 heteroatoms. The van der Waals surface area contributed by atoms with Crippen molar-refractivity contribution >= 4 is 11.0 Å². The van der Waals surface area contributed by atoms with Crippen molar-refractivity contribution in [1.82, 2.24) is 9.97 Å². The number of benzene rings is 1. The van der Waals surface area contributed by atoms with Crippen LogP contribution in [-0.4, -0.2) is 20.2 Å². The van der Waals surface area contributed by atoms with Crippen molar-refractivity contribution in [2.24, 2.45) is 0 Å². The number of phenols is 2. The van der Waals surface area contributed by atoms with Crippen molar-refractivity contribution in [2.75, 3.05) is 0 Å². The molecular formula is C21H17FN2O2. The van der Waals surface area contributed by atoms with Crippen LogP contribution in [0.25, 0.3) is 22.2 Å². The molecule has 0 fully saturated rings. The number of rotatable bonds is 3. The van der Waals surface area contributed by atoms with E-state index < -0.39 is 0 Å². The summed E-state index contributed by atoms with van der Waals surface area (Å²) in [4.78, 5) is 7.56. The average molecular weight is 348 g/mol. The number of allylic oxidation sites excluding steroid dienone is 5. The lowest BCUT2D eigenvalue weighted by Gasteiger charge is -2.16. The van der Waals surface area contributed by atoms with Gasteiger partial charge in [-0.25, -0.2) is 9.37 Å². The molecule has 1 aromatic carbocycles. The molecule has 3 aromatic rings. The molecule has 0 amide bonds. The molecule has 2 aromatic heterocycles. The predicted molar refractivity (Wildman–Crippen MR) is 99.7 cm³/mol. The Hall–Kier alpha value is -3.34. The maximum Gasteiger partial charge on any atom is 0.158 e. The van der Waals surface area contributed by atoms with Crippen LogP contribution in [0.4, 0.5) is 4.39 Å². The first kappa shape index (κ1) is 16.1. The van der Waals surface area contributed by atoms with Crippen LogP contribution in [0.3, 0.4) is 0 Å². The summed E-state index contributed by atoms with van der Waals surface area (Å²) in [6.07, 6.45) is 9.09. The third kappa shape index (κ3) is 2.67. The van der Waals surface area contributed by atoms with Crippen molar-refractivity contribution in [3.8, 4) is 22.6 Å². The van der Waals surface area contributed by atoms with Gasteiger partial charge in [0.25, 0.3) is 0 Å². The van der Waals surface area contributed by atoms with Gasteiger partial charge < -0.3 is 15.2 Å². The second kappa shape index (κ2) is 6.19. The maximum atomic E-state index is 14.2. The third-order valence-corrected chi connectivity index (χ3v) is 4.71. The van der Waals surface area contributed by atoms with Crippen molar-refractivity contribution in [2.45, 2.75) is 12.3 Å². The Kier molecular flexibility index (Phi) is 3.84. The zero-order valence-electron chi connectivity index (χ0n) is 13.9. The molecule has 3 N–H and O–H groups in total. The van der Waals surface area contributed by atoms with E-state index in [2.05, 4.69) is 16.5 Å². The molecule has 1 aliphatic carbocycles. The van der Waals surface area contributed by atoms with Gasteiger partial charge in [0.15, 0.2) is 11.5 Å². The zero-order valence-corrected chi connectivity index (χ0v) is 13.9. The van der Waals surface area contributed by atoms with Gasteiger partial charge in [0.1, 0.15) is 11.5 Å².